The van der Waals surface area contributed by atoms with Crippen molar-refractivity contribution in [2.24, 2.45) is 7.05 Å². The number of para-hydroxylation sites is 2. The number of carbonyl (C=O) groups excluding carboxylic acids is 1. The molecule has 0 atom stereocenters. The zero-order valence-corrected chi connectivity index (χ0v) is 14.8. The van der Waals surface area contributed by atoms with Gasteiger partial charge in [-0.3, -0.25) is 9.48 Å². The number of imidazole rings is 1. The molecular formula is C19H20N6O. The van der Waals surface area contributed by atoms with E-state index in [-0.39, 0.29) is 5.91 Å². The third kappa shape index (κ3) is 3.03. The molecule has 0 saturated heterocycles. The summed E-state index contributed by atoms with van der Waals surface area (Å²) in [4.78, 5) is 24.6. The van der Waals surface area contributed by atoms with E-state index in [0.29, 0.717) is 12.1 Å². The Morgan fingerprint density at radius 1 is 1.31 bits per heavy atom. The minimum absolute atomic E-state index is 0.118. The molecule has 4 aromatic rings. The van der Waals surface area contributed by atoms with E-state index in [9.17, 15) is 4.79 Å². The highest BCUT2D eigenvalue weighted by atomic mass is 16.1. The van der Waals surface area contributed by atoms with Gasteiger partial charge in [0, 0.05) is 31.6 Å². The quantitative estimate of drug-likeness (QED) is 0.543. The fourth-order valence-corrected chi connectivity index (χ4v) is 3.12. The number of rotatable bonds is 5. The van der Waals surface area contributed by atoms with Crippen molar-refractivity contribution in [1.29, 1.82) is 0 Å². The average Bonchev–Trinajstić information content (AvgIpc) is 3.19. The molecule has 0 fully saturated rings. The number of nitrogens with zero attached hydrogens (tertiary/aromatic N) is 4. The Kier molecular flexibility index (Phi) is 4.12. The van der Waals surface area contributed by atoms with E-state index in [1.807, 2.05) is 44.3 Å². The normalized spacial score (nSPS) is 11.3. The molecule has 7 heteroatoms. The highest BCUT2D eigenvalue weighted by Gasteiger charge is 2.11. The smallest absolute Gasteiger partial charge is 0.252 e. The molecule has 0 aliphatic heterocycles. The van der Waals surface area contributed by atoms with Crippen LogP contribution in [-0.4, -0.2) is 37.2 Å². The number of hydrogen-bond acceptors (Lipinski definition) is 4. The van der Waals surface area contributed by atoms with Crippen molar-refractivity contribution in [1.82, 2.24) is 30.0 Å². The van der Waals surface area contributed by atoms with Crippen LogP contribution < -0.4 is 5.32 Å². The summed E-state index contributed by atoms with van der Waals surface area (Å²) in [5, 5.41) is 8.18. The Labute approximate surface area is 150 Å². The van der Waals surface area contributed by atoms with Crippen LogP contribution in [0.5, 0.6) is 0 Å². The van der Waals surface area contributed by atoms with Gasteiger partial charge in [0.25, 0.3) is 5.91 Å². The van der Waals surface area contributed by atoms with Crippen molar-refractivity contribution in [2.45, 2.75) is 19.8 Å². The van der Waals surface area contributed by atoms with Gasteiger partial charge in [0.15, 0.2) is 5.65 Å². The molecule has 0 bridgehead atoms. The van der Waals surface area contributed by atoms with E-state index in [1.54, 1.807) is 10.9 Å². The SMILES string of the molecule is Cc1nn(C)c2ncc(C(=O)NCCCc3nc4ccccc4[nH]3)cc12. The van der Waals surface area contributed by atoms with Gasteiger partial charge in [-0.2, -0.15) is 5.10 Å². The lowest BCUT2D eigenvalue weighted by Crippen LogP contribution is -2.25. The summed E-state index contributed by atoms with van der Waals surface area (Å²) in [5.41, 5.74) is 4.21. The fraction of sp³-hybridized carbons (Fsp3) is 0.263. The average molecular weight is 348 g/mol. The zero-order chi connectivity index (χ0) is 18.1. The molecule has 0 aliphatic rings. The monoisotopic (exact) mass is 348 g/mol. The second-order valence-electron chi connectivity index (χ2n) is 6.36. The van der Waals surface area contributed by atoms with Crippen LogP contribution in [0.4, 0.5) is 0 Å². The van der Waals surface area contributed by atoms with Gasteiger partial charge in [-0.1, -0.05) is 12.1 Å². The first kappa shape index (κ1) is 16.3. The molecule has 0 radical (unpaired) electrons. The summed E-state index contributed by atoms with van der Waals surface area (Å²) in [6, 6.07) is 9.80. The van der Waals surface area contributed by atoms with Crippen molar-refractivity contribution >= 4 is 28.0 Å². The second kappa shape index (κ2) is 6.59. The maximum atomic E-state index is 12.4. The number of nitrogens with one attached hydrogen (secondary N) is 2. The molecule has 0 spiro atoms. The standard InChI is InChI=1S/C19H20N6O/c1-12-14-10-13(11-21-18(14)25(2)24-12)19(26)20-9-5-8-17-22-15-6-3-4-7-16(15)23-17/h3-4,6-7,10-11H,5,8-9H2,1-2H3,(H,20,26)(H,22,23). The van der Waals surface area contributed by atoms with Crippen LogP contribution in [0, 0.1) is 6.92 Å². The Balaban J connectivity index is 1.35. The summed E-state index contributed by atoms with van der Waals surface area (Å²) in [7, 11) is 1.85. The summed E-state index contributed by atoms with van der Waals surface area (Å²) >= 11 is 0. The van der Waals surface area contributed by atoms with Gasteiger partial charge in [0.05, 0.1) is 22.3 Å². The number of amides is 1. The number of aromatic nitrogens is 5. The first-order chi connectivity index (χ1) is 12.6. The van der Waals surface area contributed by atoms with Crippen molar-refractivity contribution in [3.05, 3.63) is 53.6 Å². The van der Waals surface area contributed by atoms with Crippen LogP contribution in [0.2, 0.25) is 0 Å². The molecule has 4 rings (SSSR count). The van der Waals surface area contributed by atoms with Crippen molar-refractivity contribution in [2.75, 3.05) is 6.54 Å². The Hall–Kier alpha value is -3.22. The number of benzene rings is 1. The lowest BCUT2D eigenvalue weighted by atomic mass is 10.2. The van der Waals surface area contributed by atoms with Gasteiger partial charge < -0.3 is 10.3 Å². The maximum Gasteiger partial charge on any atom is 0.252 e. The Bertz CT molecular complexity index is 1060. The minimum Gasteiger partial charge on any atom is -0.352 e. The summed E-state index contributed by atoms with van der Waals surface area (Å²) < 4.78 is 1.72. The number of fused-ring (bicyclic) bond motifs is 2. The third-order valence-electron chi connectivity index (χ3n) is 4.44. The summed E-state index contributed by atoms with van der Waals surface area (Å²) in [6.07, 6.45) is 3.19. The number of carbonyl (C=O) groups is 1. The molecule has 26 heavy (non-hydrogen) atoms. The Morgan fingerprint density at radius 3 is 3.00 bits per heavy atom. The fourth-order valence-electron chi connectivity index (χ4n) is 3.12. The molecule has 2 N–H and O–H groups in total. The first-order valence-electron chi connectivity index (χ1n) is 8.63. The lowest BCUT2D eigenvalue weighted by molar-refractivity contribution is 0.0953. The van der Waals surface area contributed by atoms with Crippen molar-refractivity contribution < 1.29 is 4.79 Å². The van der Waals surface area contributed by atoms with Crippen LogP contribution in [-0.2, 0) is 13.5 Å². The molecule has 132 valence electrons. The van der Waals surface area contributed by atoms with E-state index in [2.05, 4.69) is 25.4 Å². The highest BCUT2D eigenvalue weighted by Crippen LogP contribution is 2.16. The Morgan fingerprint density at radius 2 is 2.15 bits per heavy atom. The molecule has 1 amide bonds. The van der Waals surface area contributed by atoms with E-state index in [1.165, 1.54) is 0 Å². The molecular weight excluding hydrogens is 328 g/mol. The summed E-state index contributed by atoms with van der Waals surface area (Å²) in [6.45, 7) is 2.50. The highest BCUT2D eigenvalue weighted by molar-refractivity contribution is 5.97. The van der Waals surface area contributed by atoms with Gasteiger partial charge in [0.2, 0.25) is 0 Å². The first-order valence-corrected chi connectivity index (χ1v) is 8.63. The van der Waals surface area contributed by atoms with Gasteiger partial charge in [-0.05, 0) is 31.5 Å². The van der Waals surface area contributed by atoms with Gasteiger partial charge >= 0.3 is 0 Å². The number of aryl methyl sites for hydroxylation is 3. The number of hydrogen-bond donors (Lipinski definition) is 2. The molecule has 0 aliphatic carbocycles. The van der Waals surface area contributed by atoms with Crippen molar-refractivity contribution in [3.63, 3.8) is 0 Å². The minimum atomic E-state index is -0.118. The number of pyridine rings is 1. The summed E-state index contributed by atoms with van der Waals surface area (Å²) in [5.74, 6) is 0.821. The predicted molar refractivity (Wildman–Crippen MR) is 100.0 cm³/mol. The van der Waals surface area contributed by atoms with E-state index in [4.69, 9.17) is 0 Å². The molecule has 0 saturated carbocycles. The van der Waals surface area contributed by atoms with E-state index < -0.39 is 0 Å². The lowest BCUT2D eigenvalue weighted by Gasteiger charge is -2.04. The largest absolute Gasteiger partial charge is 0.352 e. The molecule has 7 nitrogen and oxygen atoms in total. The van der Waals surface area contributed by atoms with Crippen LogP contribution >= 0.6 is 0 Å². The topological polar surface area (TPSA) is 88.5 Å². The van der Waals surface area contributed by atoms with Crippen LogP contribution in [0.15, 0.2) is 36.5 Å². The van der Waals surface area contributed by atoms with E-state index >= 15 is 0 Å². The van der Waals surface area contributed by atoms with E-state index in [0.717, 1.165) is 46.4 Å². The molecule has 0 unspecified atom stereocenters. The van der Waals surface area contributed by atoms with Crippen LogP contribution in [0.25, 0.3) is 22.1 Å². The molecule has 1 aromatic carbocycles. The van der Waals surface area contributed by atoms with Gasteiger partial charge in [-0.25, -0.2) is 9.97 Å². The maximum absolute atomic E-state index is 12.4. The van der Waals surface area contributed by atoms with Gasteiger partial charge in [0.1, 0.15) is 5.82 Å². The predicted octanol–water partition coefficient (Wildman–Crippen LogP) is 2.52. The van der Waals surface area contributed by atoms with Crippen molar-refractivity contribution in [3.8, 4) is 0 Å². The zero-order valence-electron chi connectivity index (χ0n) is 14.8. The second-order valence-corrected chi connectivity index (χ2v) is 6.36. The van der Waals surface area contributed by atoms with Gasteiger partial charge in [-0.15, -0.1) is 0 Å². The van der Waals surface area contributed by atoms with Crippen LogP contribution in [0.1, 0.15) is 28.3 Å². The third-order valence-corrected chi connectivity index (χ3v) is 4.44. The molecule has 3 aromatic heterocycles. The molecule has 3 heterocycles. The number of aromatic amines is 1. The number of H-pyrrole nitrogens is 1. The van der Waals surface area contributed by atoms with Crippen LogP contribution in [0.3, 0.4) is 0 Å².